The van der Waals surface area contributed by atoms with Gasteiger partial charge in [0, 0.05) is 48.4 Å². The number of phenolic OH excluding ortho intramolecular Hbond substituents is 1. The molecule has 1 aliphatic heterocycles. The van der Waals surface area contributed by atoms with Gasteiger partial charge < -0.3 is 35.8 Å². The number of guanidine groups is 1. The molecule has 0 saturated carbocycles. The number of aliphatic imine (C=N–C) groups is 3. The van der Waals surface area contributed by atoms with Crippen molar-refractivity contribution in [2.75, 3.05) is 50.2 Å². The number of ether oxygens (including phenoxy) is 2. The van der Waals surface area contributed by atoms with Crippen LogP contribution < -0.4 is 21.3 Å². The van der Waals surface area contributed by atoms with Crippen molar-refractivity contribution in [3.63, 3.8) is 0 Å². The van der Waals surface area contributed by atoms with E-state index < -0.39 is 0 Å². The summed E-state index contributed by atoms with van der Waals surface area (Å²) in [7, 11) is 0. The summed E-state index contributed by atoms with van der Waals surface area (Å²) >= 11 is 0. The zero-order valence-corrected chi connectivity index (χ0v) is 29.3. The Kier molecular flexibility index (Phi) is 14.5. The highest BCUT2D eigenvalue weighted by molar-refractivity contribution is 6.11. The Morgan fingerprint density at radius 3 is 2.12 bits per heavy atom. The van der Waals surface area contributed by atoms with E-state index in [0.717, 1.165) is 17.7 Å². The molecule has 0 radical (unpaired) electrons. The summed E-state index contributed by atoms with van der Waals surface area (Å²) in [6, 6.07) is 31.1. The van der Waals surface area contributed by atoms with E-state index in [4.69, 9.17) is 19.5 Å². The number of nitrogens with zero attached hydrogens (tertiary/aromatic N) is 3. The van der Waals surface area contributed by atoms with E-state index in [2.05, 4.69) is 26.3 Å². The van der Waals surface area contributed by atoms with E-state index in [1.807, 2.05) is 61.5 Å². The summed E-state index contributed by atoms with van der Waals surface area (Å²) in [6.07, 6.45) is 2.06. The average Bonchev–Trinajstić information content (AvgIpc) is 3.15. The van der Waals surface area contributed by atoms with E-state index in [1.165, 1.54) is 5.56 Å². The minimum Gasteiger partial charge on any atom is -0.508 e. The lowest BCUT2D eigenvalue weighted by Gasteiger charge is -2.16. The number of carbonyl (C=O) groups excluding carboxylic acids is 2. The third kappa shape index (κ3) is 12.8. The van der Waals surface area contributed by atoms with E-state index in [9.17, 15) is 14.7 Å². The van der Waals surface area contributed by atoms with Gasteiger partial charge in [-0.3, -0.25) is 14.6 Å². The van der Waals surface area contributed by atoms with Gasteiger partial charge in [-0.05, 0) is 79.6 Å². The maximum Gasteiger partial charge on any atom is 0.251 e. The maximum atomic E-state index is 12.7. The molecule has 2 amide bonds. The maximum absolute atomic E-state index is 12.7. The van der Waals surface area contributed by atoms with Crippen molar-refractivity contribution in [1.29, 1.82) is 0 Å². The molecule has 270 valence electrons. The molecule has 4 aromatic rings. The van der Waals surface area contributed by atoms with Crippen LogP contribution in [0.3, 0.4) is 0 Å². The predicted octanol–water partition coefficient (Wildman–Crippen LogP) is 5.95. The van der Waals surface area contributed by atoms with Crippen LogP contribution in [0.2, 0.25) is 0 Å². The number of nitrogens with one attached hydrogen (secondary N) is 4. The van der Waals surface area contributed by atoms with E-state index in [-0.39, 0.29) is 17.6 Å². The number of hydrogen-bond donors (Lipinski definition) is 5. The van der Waals surface area contributed by atoms with Crippen LogP contribution in [0.5, 0.6) is 5.75 Å². The van der Waals surface area contributed by atoms with Gasteiger partial charge in [-0.1, -0.05) is 48.0 Å². The lowest BCUT2D eigenvalue weighted by Crippen LogP contribution is -2.27. The van der Waals surface area contributed by atoms with Crippen LogP contribution in [-0.4, -0.2) is 74.1 Å². The Balaban J connectivity index is 1.11. The first kappa shape index (κ1) is 37.4. The minimum atomic E-state index is -0.144. The van der Waals surface area contributed by atoms with Crippen LogP contribution in [0, 0.1) is 6.92 Å². The Bertz CT molecular complexity index is 1830. The van der Waals surface area contributed by atoms with Crippen LogP contribution in [0.15, 0.2) is 118 Å². The number of aryl methyl sites for hydroxylation is 1. The summed E-state index contributed by atoms with van der Waals surface area (Å²) in [5.74, 6) is 1.61. The van der Waals surface area contributed by atoms with Crippen molar-refractivity contribution in [1.82, 2.24) is 10.6 Å². The molecule has 52 heavy (non-hydrogen) atoms. The Labute approximate surface area is 304 Å². The molecule has 1 heterocycles. The number of benzene rings is 4. The molecule has 0 aromatic heterocycles. The highest BCUT2D eigenvalue weighted by Crippen LogP contribution is 2.17. The third-order valence-electron chi connectivity index (χ3n) is 7.89. The number of amidine groups is 2. The number of rotatable bonds is 15. The largest absolute Gasteiger partial charge is 0.508 e. The van der Waals surface area contributed by atoms with Gasteiger partial charge in [0.2, 0.25) is 5.96 Å². The normalized spacial score (nSPS) is 13.7. The number of amides is 2. The summed E-state index contributed by atoms with van der Waals surface area (Å²) in [5.41, 5.74) is 4.91. The van der Waals surface area contributed by atoms with Gasteiger partial charge in [0.1, 0.15) is 17.4 Å². The minimum absolute atomic E-state index is 0.127. The standard InChI is InChI=1S/C40H45N7O5/c1-29-10-12-30(13-11-29)28-43-39(50)32-14-16-33(17-15-32)44-37-9-5-8-36(46-40(47-37)45-34-18-20-35(48)21-19-34)41-22-24-51-26-27-52-25-23-42-38(49)31-6-3-2-4-7-31/h2-4,6-7,10-21,48H,5,8-9,22-28H2,1H3,(H,42,49)(H,43,50)(H2,41,44,45,46,47). The number of phenols is 1. The third-order valence-corrected chi connectivity index (χ3v) is 7.89. The van der Waals surface area contributed by atoms with E-state index in [1.54, 1.807) is 48.5 Å². The monoisotopic (exact) mass is 703 g/mol. The molecule has 5 N–H and O–H groups in total. The van der Waals surface area contributed by atoms with E-state index in [0.29, 0.717) is 93.3 Å². The van der Waals surface area contributed by atoms with Crippen molar-refractivity contribution in [2.45, 2.75) is 32.7 Å². The number of anilines is 2. The fourth-order valence-electron chi connectivity index (χ4n) is 5.09. The van der Waals surface area contributed by atoms with Gasteiger partial charge in [0.05, 0.1) is 33.0 Å². The molecule has 1 aliphatic rings. The van der Waals surface area contributed by atoms with Crippen molar-refractivity contribution < 1.29 is 24.2 Å². The highest BCUT2D eigenvalue weighted by atomic mass is 16.5. The first-order valence-corrected chi connectivity index (χ1v) is 17.4. The topological polar surface area (TPSA) is 158 Å². The molecule has 0 saturated heterocycles. The lowest BCUT2D eigenvalue weighted by molar-refractivity contribution is 0.0512. The van der Waals surface area contributed by atoms with Crippen LogP contribution in [0.4, 0.5) is 11.4 Å². The molecule has 4 aromatic carbocycles. The smallest absolute Gasteiger partial charge is 0.251 e. The molecular formula is C40H45N7O5. The van der Waals surface area contributed by atoms with Gasteiger partial charge in [-0.15, -0.1) is 0 Å². The van der Waals surface area contributed by atoms with E-state index >= 15 is 0 Å². The fraction of sp³-hybridized carbons (Fsp3) is 0.275. The second kappa shape index (κ2) is 20.1. The second-order valence-electron chi connectivity index (χ2n) is 12.0. The van der Waals surface area contributed by atoms with Crippen LogP contribution in [0.1, 0.15) is 51.1 Å². The highest BCUT2D eigenvalue weighted by Gasteiger charge is 2.13. The van der Waals surface area contributed by atoms with Crippen molar-refractivity contribution >= 4 is 40.8 Å². The SMILES string of the molecule is Cc1ccc(CNC(=O)c2ccc(NC3=NC(Nc4ccc(O)cc4)=NC(=NCCOCCOCCNC(=O)c4ccccc4)CCC3)cc2)cc1. The van der Waals surface area contributed by atoms with Crippen LogP contribution in [-0.2, 0) is 16.0 Å². The first-order valence-electron chi connectivity index (χ1n) is 17.4. The molecule has 0 aliphatic carbocycles. The summed E-state index contributed by atoms with van der Waals surface area (Å²) in [4.78, 5) is 39.0. The van der Waals surface area contributed by atoms with Crippen molar-refractivity contribution in [2.24, 2.45) is 15.0 Å². The fourth-order valence-corrected chi connectivity index (χ4v) is 5.09. The average molecular weight is 704 g/mol. The molecular weight excluding hydrogens is 658 g/mol. The van der Waals surface area contributed by atoms with Gasteiger partial charge >= 0.3 is 0 Å². The summed E-state index contributed by atoms with van der Waals surface area (Å²) in [6.45, 7) is 4.95. The lowest BCUT2D eigenvalue weighted by atomic mass is 10.1. The second-order valence-corrected chi connectivity index (χ2v) is 12.0. The molecule has 0 bridgehead atoms. The Hall–Kier alpha value is -5.85. The van der Waals surface area contributed by atoms with Gasteiger partial charge in [0.15, 0.2) is 0 Å². The predicted molar refractivity (Wildman–Crippen MR) is 206 cm³/mol. The zero-order chi connectivity index (χ0) is 36.4. The zero-order valence-electron chi connectivity index (χ0n) is 29.3. The summed E-state index contributed by atoms with van der Waals surface area (Å²) < 4.78 is 11.2. The molecule has 0 unspecified atom stereocenters. The first-order chi connectivity index (χ1) is 25.4. The van der Waals surface area contributed by atoms with Crippen molar-refractivity contribution in [3.05, 3.63) is 125 Å². The quantitative estimate of drug-likeness (QED) is 0.0756. The molecule has 0 atom stereocenters. The molecule has 0 fully saturated rings. The molecule has 12 heteroatoms. The van der Waals surface area contributed by atoms with Crippen molar-refractivity contribution in [3.8, 4) is 5.75 Å². The van der Waals surface area contributed by atoms with Gasteiger partial charge in [-0.25, -0.2) is 0 Å². The Morgan fingerprint density at radius 1 is 0.712 bits per heavy atom. The van der Waals surface area contributed by atoms with Gasteiger partial charge in [-0.2, -0.15) is 9.98 Å². The number of hydrogen-bond acceptors (Lipinski definition) is 9. The van der Waals surface area contributed by atoms with Crippen LogP contribution >= 0.6 is 0 Å². The van der Waals surface area contributed by atoms with Gasteiger partial charge in [0.25, 0.3) is 11.8 Å². The number of aromatic hydroxyl groups is 1. The summed E-state index contributed by atoms with van der Waals surface area (Å²) in [5, 5.41) is 22.1. The molecule has 12 nitrogen and oxygen atoms in total. The molecule has 5 rings (SSSR count). The van der Waals surface area contributed by atoms with Crippen LogP contribution in [0.25, 0.3) is 0 Å². The molecule has 0 spiro atoms. The Morgan fingerprint density at radius 2 is 1.37 bits per heavy atom. The number of carbonyl (C=O) groups is 2.